The van der Waals surface area contributed by atoms with Crippen molar-refractivity contribution in [1.82, 2.24) is 5.32 Å². The maximum absolute atomic E-state index is 12.8. The molecular formula is C25H27ClN2O6S. The highest BCUT2D eigenvalue weighted by molar-refractivity contribution is 7.92. The molecule has 0 aromatic heterocycles. The van der Waals surface area contributed by atoms with Crippen molar-refractivity contribution >= 4 is 39.2 Å². The van der Waals surface area contributed by atoms with Gasteiger partial charge < -0.3 is 15.2 Å². The molecule has 2 aromatic carbocycles. The van der Waals surface area contributed by atoms with E-state index < -0.39 is 28.3 Å². The van der Waals surface area contributed by atoms with Crippen LogP contribution >= 0.6 is 11.6 Å². The zero-order valence-electron chi connectivity index (χ0n) is 19.0. The molecular weight excluding hydrogens is 492 g/mol. The Balaban J connectivity index is 1.24. The van der Waals surface area contributed by atoms with E-state index in [1.54, 1.807) is 12.1 Å². The summed E-state index contributed by atoms with van der Waals surface area (Å²) in [5.74, 6) is 0.149. The topological polar surface area (TPSA) is 122 Å². The van der Waals surface area contributed by atoms with Crippen LogP contribution in [-0.2, 0) is 19.6 Å². The Morgan fingerprint density at radius 2 is 1.66 bits per heavy atom. The maximum atomic E-state index is 12.8. The van der Waals surface area contributed by atoms with Crippen LogP contribution in [0.5, 0.6) is 5.75 Å². The van der Waals surface area contributed by atoms with E-state index in [2.05, 4.69) is 10.0 Å². The van der Waals surface area contributed by atoms with Gasteiger partial charge in [-0.2, -0.15) is 0 Å². The van der Waals surface area contributed by atoms with E-state index in [1.165, 1.54) is 31.4 Å². The van der Waals surface area contributed by atoms with Gasteiger partial charge >= 0.3 is 5.97 Å². The molecule has 4 aliphatic carbocycles. The lowest BCUT2D eigenvalue weighted by Crippen LogP contribution is -2.60. The van der Waals surface area contributed by atoms with Crippen LogP contribution in [0.3, 0.4) is 0 Å². The Morgan fingerprint density at radius 1 is 1.03 bits per heavy atom. The first kappa shape index (κ1) is 23.9. The standard InChI is InChI=1S/C25H27ClN2O6S/c26-20-3-1-2-4-21(20)28-35(32,33)18-5-6-22(29)19(10-18)24(31)34-14-23(30)27-25-11-15-7-16(12-25)9-17(8-15)13-25/h1-6,10,15-17,28-29H,7-9,11-14H2,(H,27,30). The van der Waals surface area contributed by atoms with Gasteiger partial charge in [-0.1, -0.05) is 23.7 Å². The number of para-hydroxylation sites is 1. The van der Waals surface area contributed by atoms with Crippen LogP contribution < -0.4 is 10.0 Å². The molecule has 0 atom stereocenters. The van der Waals surface area contributed by atoms with Crippen molar-refractivity contribution in [3.8, 4) is 5.75 Å². The number of amides is 1. The summed E-state index contributed by atoms with van der Waals surface area (Å²) in [7, 11) is -4.10. The van der Waals surface area contributed by atoms with E-state index in [1.807, 2.05) is 0 Å². The first-order chi connectivity index (χ1) is 16.6. The molecule has 10 heteroatoms. The summed E-state index contributed by atoms with van der Waals surface area (Å²) >= 11 is 6.03. The number of phenolic OH excluding ortho intramolecular Hbond substituents is 1. The predicted molar refractivity (Wildman–Crippen MR) is 130 cm³/mol. The summed E-state index contributed by atoms with van der Waals surface area (Å²) in [6.45, 7) is -0.505. The number of carbonyl (C=O) groups is 2. The highest BCUT2D eigenvalue weighted by atomic mass is 35.5. The van der Waals surface area contributed by atoms with Crippen molar-refractivity contribution in [1.29, 1.82) is 0 Å². The lowest BCUT2D eigenvalue weighted by molar-refractivity contribution is -0.130. The van der Waals surface area contributed by atoms with E-state index >= 15 is 0 Å². The minimum atomic E-state index is -4.10. The van der Waals surface area contributed by atoms with Crippen LogP contribution in [0.15, 0.2) is 47.4 Å². The van der Waals surface area contributed by atoms with Gasteiger partial charge in [0.25, 0.3) is 15.9 Å². The Kier molecular flexibility index (Phi) is 6.17. The van der Waals surface area contributed by atoms with E-state index in [0.717, 1.165) is 37.5 Å². The van der Waals surface area contributed by atoms with Gasteiger partial charge in [0.05, 0.1) is 15.6 Å². The van der Waals surface area contributed by atoms with Crippen LogP contribution in [0.25, 0.3) is 0 Å². The number of aromatic hydroxyl groups is 1. The number of ether oxygens (including phenoxy) is 1. The fourth-order valence-corrected chi connectivity index (χ4v) is 7.74. The van der Waals surface area contributed by atoms with Gasteiger partial charge in [0.1, 0.15) is 11.3 Å². The summed E-state index contributed by atoms with van der Waals surface area (Å²) in [5.41, 5.74) is -0.388. The monoisotopic (exact) mass is 518 g/mol. The Bertz CT molecular complexity index is 1240. The average Bonchev–Trinajstić information content (AvgIpc) is 2.78. The van der Waals surface area contributed by atoms with Crippen LogP contribution in [0.4, 0.5) is 5.69 Å². The fourth-order valence-electron chi connectivity index (χ4n) is 6.40. The second-order valence-corrected chi connectivity index (χ2v) is 12.2. The largest absolute Gasteiger partial charge is 0.507 e. The number of benzene rings is 2. The lowest BCUT2D eigenvalue weighted by Gasteiger charge is -2.56. The number of nitrogens with one attached hydrogen (secondary N) is 2. The molecule has 0 radical (unpaired) electrons. The number of rotatable bonds is 7. The molecule has 8 nitrogen and oxygen atoms in total. The first-order valence-corrected chi connectivity index (χ1v) is 13.6. The van der Waals surface area contributed by atoms with Crippen LogP contribution in [-0.4, -0.2) is 37.5 Å². The van der Waals surface area contributed by atoms with E-state index in [4.69, 9.17) is 16.3 Å². The Hall–Kier alpha value is -2.78. The fraction of sp³-hybridized carbons (Fsp3) is 0.440. The van der Waals surface area contributed by atoms with Gasteiger partial charge in [-0.15, -0.1) is 0 Å². The smallest absolute Gasteiger partial charge is 0.342 e. The molecule has 186 valence electrons. The summed E-state index contributed by atoms with van der Waals surface area (Å²) in [6, 6.07) is 9.57. The van der Waals surface area contributed by atoms with Crippen molar-refractivity contribution in [2.24, 2.45) is 17.8 Å². The molecule has 4 saturated carbocycles. The minimum absolute atomic E-state index is 0.174. The van der Waals surface area contributed by atoms with Crippen molar-refractivity contribution in [2.45, 2.75) is 49.0 Å². The molecule has 0 unspecified atom stereocenters. The number of hydrogen-bond acceptors (Lipinski definition) is 6. The molecule has 0 aliphatic heterocycles. The van der Waals surface area contributed by atoms with Crippen LogP contribution in [0.2, 0.25) is 5.02 Å². The SMILES string of the molecule is O=C(COC(=O)c1cc(S(=O)(=O)Nc2ccccc2Cl)ccc1O)NC12CC3CC(CC(C3)C1)C2. The van der Waals surface area contributed by atoms with Crippen molar-refractivity contribution in [3.63, 3.8) is 0 Å². The quantitative estimate of drug-likeness (QED) is 0.475. The second kappa shape index (κ2) is 9.02. The third-order valence-electron chi connectivity index (χ3n) is 7.39. The van der Waals surface area contributed by atoms with Crippen LogP contribution in [0.1, 0.15) is 48.9 Å². The van der Waals surface area contributed by atoms with Crippen molar-refractivity contribution in [2.75, 3.05) is 11.3 Å². The van der Waals surface area contributed by atoms with E-state index in [-0.39, 0.29) is 32.6 Å². The number of halogens is 1. The third-order valence-corrected chi connectivity index (χ3v) is 9.09. The predicted octanol–water partition coefficient (Wildman–Crippen LogP) is 4.09. The first-order valence-electron chi connectivity index (χ1n) is 11.7. The van der Waals surface area contributed by atoms with Crippen LogP contribution in [0, 0.1) is 17.8 Å². The van der Waals surface area contributed by atoms with Gasteiger partial charge in [0.2, 0.25) is 0 Å². The molecule has 4 fully saturated rings. The molecule has 0 heterocycles. The average molecular weight is 519 g/mol. The van der Waals surface area contributed by atoms with Crippen molar-refractivity contribution < 1.29 is 27.9 Å². The minimum Gasteiger partial charge on any atom is -0.507 e. The molecule has 1 amide bonds. The van der Waals surface area contributed by atoms with Crippen molar-refractivity contribution in [3.05, 3.63) is 53.1 Å². The Labute approximate surface area is 209 Å². The molecule has 0 saturated heterocycles. The molecule has 4 bridgehead atoms. The molecule has 0 spiro atoms. The Morgan fingerprint density at radius 3 is 2.29 bits per heavy atom. The van der Waals surface area contributed by atoms with Gasteiger partial charge in [0, 0.05) is 5.54 Å². The molecule has 6 rings (SSSR count). The maximum Gasteiger partial charge on any atom is 0.342 e. The highest BCUT2D eigenvalue weighted by Gasteiger charge is 2.51. The highest BCUT2D eigenvalue weighted by Crippen LogP contribution is 2.55. The summed E-state index contributed by atoms with van der Waals surface area (Å²) in [6.07, 6.45) is 6.64. The summed E-state index contributed by atoms with van der Waals surface area (Å²) in [4.78, 5) is 25.0. The summed E-state index contributed by atoms with van der Waals surface area (Å²) in [5, 5.41) is 13.5. The van der Waals surface area contributed by atoms with Gasteiger partial charge in [-0.25, -0.2) is 13.2 Å². The number of carbonyl (C=O) groups excluding carboxylic acids is 2. The molecule has 4 aliphatic rings. The number of anilines is 1. The summed E-state index contributed by atoms with van der Waals surface area (Å²) < 4.78 is 33.1. The molecule has 3 N–H and O–H groups in total. The number of sulfonamides is 1. The number of phenols is 1. The van der Waals surface area contributed by atoms with Gasteiger partial charge in [0.15, 0.2) is 6.61 Å². The van der Waals surface area contributed by atoms with Gasteiger partial charge in [-0.05, 0) is 86.6 Å². The molecule has 35 heavy (non-hydrogen) atoms. The normalized spacial score (nSPS) is 26.8. The van der Waals surface area contributed by atoms with E-state index in [0.29, 0.717) is 17.8 Å². The third kappa shape index (κ3) is 4.97. The van der Waals surface area contributed by atoms with E-state index in [9.17, 15) is 23.1 Å². The van der Waals surface area contributed by atoms with Gasteiger partial charge in [-0.3, -0.25) is 9.52 Å². The second-order valence-electron chi connectivity index (χ2n) is 10.1. The molecule has 2 aromatic rings. The zero-order valence-corrected chi connectivity index (χ0v) is 20.6. The number of hydrogen-bond donors (Lipinski definition) is 3. The number of esters is 1. The zero-order chi connectivity index (χ0) is 24.8. The lowest BCUT2D eigenvalue weighted by atomic mass is 9.53.